The Hall–Kier alpha value is -0.910. The Morgan fingerprint density at radius 1 is 1.19 bits per heavy atom. The molecule has 21 heavy (non-hydrogen) atoms. The molecule has 1 heterocycles. The van der Waals surface area contributed by atoms with Crippen LogP contribution in [0.5, 0.6) is 0 Å². The molecule has 116 valence electrons. The zero-order valence-corrected chi connectivity index (χ0v) is 13.2. The smallest absolute Gasteiger partial charge is 0.179 e. The van der Waals surface area contributed by atoms with Gasteiger partial charge in [-0.05, 0) is 42.4 Å². The maximum atomic E-state index is 12.4. The third-order valence-corrected chi connectivity index (χ3v) is 6.66. The summed E-state index contributed by atoms with van der Waals surface area (Å²) in [5.41, 5.74) is 6.45. The third-order valence-electron chi connectivity index (χ3n) is 4.97. The van der Waals surface area contributed by atoms with Crippen LogP contribution in [0.3, 0.4) is 0 Å². The molecule has 2 unspecified atom stereocenters. The molecular formula is C16H24N2O2S. The van der Waals surface area contributed by atoms with Gasteiger partial charge in [0.25, 0.3) is 0 Å². The summed E-state index contributed by atoms with van der Waals surface area (Å²) in [6.45, 7) is 3.20. The fraction of sp³-hybridized carbons (Fsp3) is 0.625. The number of sulfone groups is 1. The molecule has 1 aromatic rings. The van der Waals surface area contributed by atoms with Gasteiger partial charge in [0.2, 0.25) is 0 Å². The number of fused-ring (bicyclic) bond motifs is 1. The van der Waals surface area contributed by atoms with Crippen molar-refractivity contribution in [2.24, 2.45) is 17.6 Å². The molecule has 0 radical (unpaired) electrons. The molecule has 0 aromatic heterocycles. The van der Waals surface area contributed by atoms with Gasteiger partial charge in [-0.2, -0.15) is 0 Å². The van der Waals surface area contributed by atoms with E-state index in [1.165, 1.54) is 19.3 Å². The number of nitrogens with two attached hydrogens (primary N) is 1. The summed E-state index contributed by atoms with van der Waals surface area (Å²) in [5, 5.41) is 0. The van der Waals surface area contributed by atoms with Crippen LogP contribution in [-0.4, -0.2) is 38.7 Å². The first-order valence-electron chi connectivity index (χ1n) is 7.82. The van der Waals surface area contributed by atoms with Crippen LogP contribution in [0.1, 0.15) is 24.8 Å². The Morgan fingerprint density at radius 3 is 2.57 bits per heavy atom. The fourth-order valence-electron chi connectivity index (χ4n) is 3.75. The van der Waals surface area contributed by atoms with Crippen LogP contribution in [0, 0.1) is 11.8 Å². The first kappa shape index (κ1) is 15.0. The van der Waals surface area contributed by atoms with E-state index in [0.29, 0.717) is 18.0 Å². The van der Waals surface area contributed by atoms with E-state index in [2.05, 4.69) is 4.90 Å². The zero-order chi connectivity index (χ0) is 14.9. The highest BCUT2D eigenvalue weighted by molar-refractivity contribution is 7.91. The van der Waals surface area contributed by atoms with Gasteiger partial charge in [-0.25, -0.2) is 8.42 Å². The molecule has 0 amide bonds. The van der Waals surface area contributed by atoms with E-state index in [9.17, 15) is 8.42 Å². The van der Waals surface area contributed by atoms with E-state index in [4.69, 9.17) is 5.73 Å². The second-order valence-electron chi connectivity index (χ2n) is 6.38. The first-order chi connectivity index (χ1) is 10.1. The number of benzene rings is 1. The average Bonchev–Trinajstić information content (AvgIpc) is 3.06. The summed E-state index contributed by atoms with van der Waals surface area (Å²) in [5.74, 6) is 1.84. The lowest BCUT2D eigenvalue weighted by Crippen LogP contribution is -2.28. The average molecular weight is 308 g/mol. The second-order valence-corrected chi connectivity index (χ2v) is 8.49. The molecule has 4 nitrogen and oxygen atoms in total. The summed E-state index contributed by atoms with van der Waals surface area (Å²) >= 11 is 0. The minimum Gasteiger partial charge on any atom is -0.326 e. The highest BCUT2D eigenvalue weighted by atomic mass is 32.2. The van der Waals surface area contributed by atoms with Crippen LogP contribution >= 0.6 is 0 Å². The van der Waals surface area contributed by atoms with Crippen molar-refractivity contribution in [2.75, 3.05) is 25.4 Å². The van der Waals surface area contributed by atoms with E-state index < -0.39 is 9.84 Å². The highest BCUT2D eigenvalue weighted by Gasteiger charge is 2.36. The molecule has 1 aliphatic carbocycles. The van der Waals surface area contributed by atoms with Crippen LogP contribution in [-0.2, 0) is 16.4 Å². The second kappa shape index (κ2) is 6.07. The molecule has 1 aromatic carbocycles. The fourth-order valence-corrected chi connectivity index (χ4v) is 5.10. The van der Waals surface area contributed by atoms with Crippen LogP contribution in [0.15, 0.2) is 29.2 Å². The van der Waals surface area contributed by atoms with Gasteiger partial charge in [-0.3, -0.25) is 0 Å². The summed E-state index contributed by atoms with van der Waals surface area (Å²) in [6, 6.07) is 7.01. The lowest BCUT2D eigenvalue weighted by atomic mass is 10.0. The Morgan fingerprint density at radius 2 is 1.90 bits per heavy atom. The van der Waals surface area contributed by atoms with Gasteiger partial charge in [-0.1, -0.05) is 18.6 Å². The van der Waals surface area contributed by atoms with Crippen molar-refractivity contribution in [1.29, 1.82) is 0 Å². The van der Waals surface area contributed by atoms with Gasteiger partial charge >= 0.3 is 0 Å². The molecule has 1 aliphatic heterocycles. The van der Waals surface area contributed by atoms with E-state index in [1.54, 1.807) is 18.2 Å². The monoisotopic (exact) mass is 308 g/mol. The Balaban J connectivity index is 1.61. The van der Waals surface area contributed by atoms with Crippen molar-refractivity contribution in [3.05, 3.63) is 29.8 Å². The molecule has 1 saturated heterocycles. The van der Waals surface area contributed by atoms with Crippen molar-refractivity contribution in [1.82, 2.24) is 4.90 Å². The Labute approximate surface area is 127 Å². The quantitative estimate of drug-likeness (QED) is 0.898. The van der Waals surface area contributed by atoms with Gasteiger partial charge in [0, 0.05) is 26.2 Å². The van der Waals surface area contributed by atoms with Crippen molar-refractivity contribution < 1.29 is 8.42 Å². The standard InChI is InChI=1S/C16H24N2O2S/c17-10-13-3-1-6-16(9-13)21(19,20)8-7-18-11-14-4-2-5-15(14)12-18/h1,3,6,9,14-15H,2,4-5,7-8,10-12,17H2. The van der Waals surface area contributed by atoms with Gasteiger partial charge in [0.1, 0.15) is 0 Å². The maximum Gasteiger partial charge on any atom is 0.179 e. The minimum absolute atomic E-state index is 0.209. The van der Waals surface area contributed by atoms with E-state index >= 15 is 0 Å². The first-order valence-corrected chi connectivity index (χ1v) is 9.48. The SMILES string of the molecule is NCc1cccc(S(=O)(=O)CCN2CC3CCCC3C2)c1. The minimum atomic E-state index is -3.20. The number of hydrogen-bond acceptors (Lipinski definition) is 4. The lowest BCUT2D eigenvalue weighted by Gasteiger charge is -2.16. The number of rotatable bonds is 5. The highest BCUT2D eigenvalue weighted by Crippen LogP contribution is 2.37. The van der Waals surface area contributed by atoms with Crippen molar-refractivity contribution in [3.8, 4) is 0 Å². The van der Waals surface area contributed by atoms with Crippen LogP contribution < -0.4 is 5.73 Å². The largest absolute Gasteiger partial charge is 0.326 e. The molecular weight excluding hydrogens is 284 g/mol. The molecule has 2 fully saturated rings. The predicted molar refractivity (Wildman–Crippen MR) is 83.7 cm³/mol. The summed E-state index contributed by atoms with van der Waals surface area (Å²) in [6.07, 6.45) is 4.01. The van der Waals surface area contributed by atoms with Crippen molar-refractivity contribution >= 4 is 9.84 Å². The Bertz CT molecular complexity index is 588. The third kappa shape index (κ3) is 3.30. The Kier molecular flexibility index (Phi) is 4.33. The topological polar surface area (TPSA) is 63.4 Å². The maximum absolute atomic E-state index is 12.4. The summed E-state index contributed by atoms with van der Waals surface area (Å²) < 4.78 is 24.9. The van der Waals surface area contributed by atoms with E-state index in [1.807, 2.05) is 6.07 Å². The summed E-state index contributed by atoms with van der Waals surface area (Å²) in [4.78, 5) is 2.74. The molecule has 1 saturated carbocycles. The van der Waals surface area contributed by atoms with Crippen LogP contribution in [0.4, 0.5) is 0 Å². The van der Waals surface area contributed by atoms with Gasteiger partial charge in [0.05, 0.1) is 10.6 Å². The van der Waals surface area contributed by atoms with Gasteiger partial charge in [0.15, 0.2) is 9.84 Å². The van der Waals surface area contributed by atoms with E-state index in [0.717, 1.165) is 30.5 Å². The van der Waals surface area contributed by atoms with Gasteiger partial charge < -0.3 is 10.6 Å². The predicted octanol–water partition coefficient (Wildman–Crippen LogP) is 1.65. The molecule has 2 aliphatic rings. The molecule has 0 bridgehead atoms. The summed E-state index contributed by atoms with van der Waals surface area (Å²) in [7, 11) is -3.20. The van der Waals surface area contributed by atoms with Gasteiger partial charge in [-0.15, -0.1) is 0 Å². The van der Waals surface area contributed by atoms with Crippen molar-refractivity contribution in [2.45, 2.75) is 30.7 Å². The molecule has 2 atom stereocenters. The number of likely N-dealkylation sites (tertiary alicyclic amines) is 1. The van der Waals surface area contributed by atoms with Crippen LogP contribution in [0.2, 0.25) is 0 Å². The molecule has 5 heteroatoms. The number of nitrogens with zero attached hydrogens (tertiary/aromatic N) is 1. The zero-order valence-electron chi connectivity index (χ0n) is 12.4. The number of hydrogen-bond donors (Lipinski definition) is 1. The van der Waals surface area contributed by atoms with Crippen LogP contribution in [0.25, 0.3) is 0 Å². The van der Waals surface area contributed by atoms with E-state index in [-0.39, 0.29) is 5.75 Å². The molecule has 3 rings (SSSR count). The molecule has 0 spiro atoms. The van der Waals surface area contributed by atoms with Crippen molar-refractivity contribution in [3.63, 3.8) is 0 Å². The normalized spacial score (nSPS) is 26.1. The molecule has 2 N–H and O–H groups in total. The lowest BCUT2D eigenvalue weighted by molar-refractivity contribution is 0.328.